The Hall–Kier alpha value is -0.753. The van der Waals surface area contributed by atoms with Crippen LogP contribution in [0.2, 0.25) is 18.1 Å². The van der Waals surface area contributed by atoms with E-state index in [-0.39, 0.29) is 5.04 Å². The minimum absolute atomic E-state index is 0.165. The predicted octanol–water partition coefficient (Wildman–Crippen LogP) is 6.43. The third kappa shape index (κ3) is 5.16. The summed E-state index contributed by atoms with van der Waals surface area (Å²) in [5.74, 6) is 1.64. The van der Waals surface area contributed by atoms with E-state index in [9.17, 15) is 0 Å². The van der Waals surface area contributed by atoms with Crippen LogP contribution in [0.4, 0.5) is 0 Å². The Morgan fingerprint density at radius 2 is 1.82 bits per heavy atom. The number of rotatable bonds is 5. The van der Waals surface area contributed by atoms with Gasteiger partial charge in [-0.25, -0.2) is 0 Å². The van der Waals surface area contributed by atoms with E-state index in [1.807, 2.05) is 16.2 Å². The molecule has 122 valence electrons. The average molecular weight is 430 g/mol. The maximum atomic E-state index is 6.37. The highest BCUT2D eigenvalue weighted by molar-refractivity contribution is 14.1. The fourth-order valence-corrected chi connectivity index (χ4v) is 3.29. The van der Waals surface area contributed by atoms with Crippen LogP contribution in [-0.4, -0.2) is 15.4 Å². The third-order valence-corrected chi connectivity index (χ3v) is 8.78. The van der Waals surface area contributed by atoms with E-state index in [1.54, 1.807) is 7.11 Å². The second kappa shape index (κ2) is 7.68. The Morgan fingerprint density at radius 1 is 1.18 bits per heavy atom. The van der Waals surface area contributed by atoms with Gasteiger partial charge in [-0.2, -0.15) is 0 Å². The summed E-state index contributed by atoms with van der Waals surface area (Å²) in [6.45, 7) is 13.3. The van der Waals surface area contributed by atoms with Crippen molar-refractivity contribution in [1.29, 1.82) is 0 Å². The largest absolute Gasteiger partial charge is 0.541 e. The molecular formula is C18H27IO2Si. The number of halogens is 1. The Kier molecular flexibility index (Phi) is 6.74. The molecule has 0 heterocycles. The molecule has 0 atom stereocenters. The van der Waals surface area contributed by atoms with Crippen molar-refractivity contribution in [2.45, 2.75) is 45.8 Å². The normalized spacial score (nSPS) is 13.5. The highest BCUT2D eigenvalue weighted by Gasteiger charge is 2.39. The zero-order valence-electron chi connectivity index (χ0n) is 14.7. The molecule has 0 bridgehead atoms. The topological polar surface area (TPSA) is 18.5 Å². The van der Waals surface area contributed by atoms with Gasteiger partial charge >= 0.3 is 0 Å². The van der Waals surface area contributed by atoms with Crippen LogP contribution in [0.3, 0.4) is 0 Å². The molecule has 0 aliphatic heterocycles. The van der Waals surface area contributed by atoms with E-state index in [1.165, 1.54) is 5.57 Å². The summed E-state index contributed by atoms with van der Waals surface area (Å²) in [7, 11) is -0.170. The van der Waals surface area contributed by atoms with Crippen LogP contribution in [0.1, 0.15) is 33.3 Å². The quantitative estimate of drug-likeness (QED) is 0.304. The van der Waals surface area contributed by atoms with E-state index >= 15 is 0 Å². The average Bonchev–Trinajstić information content (AvgIpc) is 2.39. The number of allylic oxidation sites excluding steroid dienone is 2. The SMILES string of the molecule is COc1cc(/C=C(C)/C=C\I)ccc1O[Si](C)(C)C(C)(C)C. The van der Waals surface area contributed by atoms with Gasteiger partial charge in [0.2, 0.25) is 0 Å². The van der Waals surface area contributed by atoms with Crippen molar-refractivity contribution in [3.63, 3.8) is 0 Å². The third-order valence-electron chi connectivity index (χ3n) is 4.08. The minimum atomic E-state index is -1.86. The maximum absolute atomic E-state index is 6.37. The molecular weight excluding hydrogens is 403 g/mol. The Labute approximate surface area is 149 Å². The van der Waals surface area contributed by atoms with Gasteiger partial charge in [-0.3, -0.25) is 0 Å². The number of hydrogen-bond donors (Lipinski definition) is 0. The molecule has 0 amide bonds. The lowest BCUT2D eigenvalue weighted by atomic mass is 10.1. The van der Waals surface area contributed by atoms with Crippen molar-refractivity contribution in [3.05, 3.63) is 39.5 Å². The Balaban J connectivity index is 3.12. The monoisotopic (exact) mass is 430 g/mol. The van der Waals surface area contributed by atoms with Crippen molar-refractivity contribution in [3.8, 4) is 11.5 Å². The van der Waals surface area contributed by atoms with Crippen LogP contribution in [0, 0.1) is 0 Å². The van der Waals surface area contributed by atoms with Gasteiger partial charge in [0.1, 0.15) is 5.75 Å². The van der Waals surface area contributed by atoms with Gasteiger partial charge in [0.15, 0.2) is 5.75 Å². The second-order valence-electron chi connectivity index (χ2n) is 6.95. The first-order valence-electron chi connectivity index (χ1n) is 7.43. The molecule has 0 radical (unpaired) electrons. The van der Waals surface area contributed by atoms with Gasteiger partial charge in [0.05, 0.1) is 7.11 Å². The van der Waals surface area contributed by atoms with E-state index < -0.39 is 8.32 Å². The second-order valence-corrected chi connectivity index (χ2v) is 12.4. The number of hydrogen-bond acceptors (Lipinski definition) is 2. The highest BCUT2D eigenvalue weighted by atomic mass is 127. The molecule has 0 aromatic heterocycles. The first kappa shape index (κ1) is 19.3. The summed E-state index contributed by atoms with van der Waals surface area (Å²) in [4.78, 5) is 0. The molecule has 0 aliphatic carbocycles. The first-order chi connectivity index (χ1) is 10.1. The smallest absolute Gasteiger partial charge is 0.250 e. The van der Waals surface area contributed by atoms with Crippen molar-refractivity contribution in [2.24, 2.45) is 0 Å². The first-order valence-corrected chi connectivity index (χ1v) is 11.6. The Morgan fingerprint density at radius 3 is 2.32 bits per heavy atom. The van der Waals surface area contributed by atoms with Crippen LogP contribution in [-0.2, 0) is 0 Å². The zero-order chi connectivity index (χ0) is 17.0. The standard InChI is InChI=1S/C18H27IO2Si/c1-14(10-11-19)12-15-8-9-16(17(13-15)20-5)21-22(6,7)18(2,3)4/h8-13H,1-7H3/b11-10-,14-12+. The molecule has 0 aliphatic rings. The number of methoxy groups -OCH3 is 1. The molecule has 0 N–H and O–H groups in total. The van der Waals surface area contributed by atoms with E-state index in [0.717, 1.165) is 17.1 Å². The van der Waals surface area contributed by atoms with Gasteiger partial charge in [-0.15, -0.1) is 0 Å². The lowest BCUT2D eigenvalue weighted by Gasteiger charge is -2.36. The molecule has 0 saturated heterocycles. The fraction of sp³-hybridized carbons (Fsp3) is 0.444. The summed E-state index contributed by atoms with van der Waals surface area (Å²) < 4.78 is 13.9. The predicted molar refractivity (Wildman–Crippen MR) is 108 cm³/mol. The maximum Gasteiger partial charge on any atom is 0.250 e. The molecule has 0 spiro atoms. The van der Waals surface area contributed by atoms with Crippen LogP contribution >= 0.6 is 22.6 Å². The summed E-state index contributed by atoms with van der Waals surface area (Å²) in [6.07, 6.45) is 4.21. The zero-order valence-corrected chi connectivity index (χ0v) is 17.8. The van der Waals surface area contributed by atoms with Gasteiger partial charge in [0, 0.05) is 0 Å². The van der Waals surface area contributed by atoms with E-state index in [0.29, 0.717) is 0 Å². The summed E-state index contributed by atoms with van der Waals surface area (Å²) in [5.41, 5.74) is 2.32. The molecule has 4 heteroatoms. The van der Waals surface area contributed by atoms with Crippen molar-refractivity contribution in [2.75, 3.05) is 7.11 Å². The lowest BCUT2D eigenvalue weighted by molar-refractivity contribution is 0.386. The van der Waals surface area contributed by atoms with Crippen molar-refractivity contribution in [1.82, 2.24) is 0 Å². The van der Waals surface area contributed by atoms with Gasteiger partial charge in [-0.1, -0.05) is 67.2 Å². The molecule has 0 saturated carbocycles. The van der Waals surface area contributed by atoms with E-state index in [2.05, 4.69) is 81.6 Å². The molecule has 2 nitrogen and oxygen atoms in total. The van der Waals surface area contributed by atoms with Crippen LogP contribution in [0.5, 0.6) is 11.5 Å². The summed E-state index contributed by atoms with van der Waals surface area (Å²) in [5, 5.41) is 0.165. The lowest BCUT2D eigenvalue weighted by Crippen LogP contribution is -2.43. The fourth-order valence-electron chi connectivity index (χ4n) is 1.70. The summed E-state index contributed by atoms with van der Waals surface area (Å²) >= 11 is 2.23. The number of ether oxygens (including phenoxy) is 1. The molecule has 0 unspecified atom stereocenters. The van der Waals surface area contributed by atoms with Gasteiger partial charge < -0.3 is 9.16 Å². The van der Waals surface area contributed by atoms with Gasteiger partial charge in [0.25, 0.3) is 8.32 Å². The van der Waals surface area contributed by atoms with Crippen LogP contribution in [0.25, 0.3) is 6.08 Å². The van der Waals surface area contributed by atoms with E-state index in [4.69, 9.17) is 9.16 Å². The molecule has 22 heavy (non-hydrogen) atoms. The van der Waals surface area contributed by atoms with Crippen molar-refractivity contribution >= 4 is 37.0 Å². The molecule has 1 aromatic rings. The number of benzene rings is 1. The van der Waals surface area contributed by atoms with Crippen LogP contribution < -0.4 is 9.16 Å². The Bertz CT molecular complexity index is 569. The highest BCUT2D eigenvalue weighted by Crippen LogP contribution is 2.40. The van der Waals surface area contributed by atoms with Gasteiger partial charge in [-0.05, 0) is 46.8 Å². The van der Waals surface area contributed by atoms with Crippen LogP contribution in [0.15, 0.2) is 33.9 Å². The molecule has 1 aromatic carbocycles. The minimum Gasteiger partial charge on any atom is -0.541 e. The van der Waals surface area contributed by atoms with Crippen molar-refractivity contribution < 1.29 is 9.16 Å². The summed E-state index contributed by atoms with van der Waals surface area (Å²) in [6, 6.07) is 6.13. The molecule has 0 fully saturated rings. The molecule has 1 rings (SSSR count).